The maximum Gasteiger partial charge on any atom is 0.222 e. The van der Waals surface area contributed by atoms with Crippen LogP contribution in [0.1, 0.15) is 48.5 Å². The van der Waals surface area contributed by atoms with Crippen LogP contribution < -0.4 is 4.90 Å². The van der Waals surface area contributed by atoms with Crippen LogP contribution in [0, 0.1) is 26.2 Å². The fraction of sp³-hybridized carbons (Fsp3) is 0.565. The van der Waals surface area contributed by atoms with Crippen molar-refractivity contribution in [2.75, 3.05) is 31.1 Å². The zero-order valence-electron chi connectivity index (χ0n) is 17.8. The van der Waals surface area contributed by atoms with Crippen LogP contribution in [-0.4, -0.2) is 51.9 Å². The Bertz CT molecular complexity index is 874. The van der Waals surface area contributed by atoms with E-state index in [0.717, 1.165) is 74.9 Å². The van der Waals surface area contributed by atoms with E-state index >= 15 is 0 Å². The number of hydrogen-bond acceptors (Lipinski definition) is 5. The maximum absolute atomic E-state index is 12.5. The highest BCUT2D eigenvalue weighted by atomic mass is 16.2. The van der Waals surface area contributed by atoms with Gasteiger partial charge >= 0.3 is 0 Å². The first-order valence-corrected chi connectivity index (χ1v) is 10.7. The molecule has 29 heavy (non-hydrogen) atoms. The van der Waals surface area contributed by atoms with Gasteiger partial charge in [-0.05, 0) is 57.6 Å². The highest BCUT2D eigenvalue weighted by Crippen LogP contribution is 2.41. The first-order valence-electron chi connectivity index (χ1n) is 10.7. The van der Waals surface area contributed by atoms with E-state index in [1.54, 1.807) is 0 Å². The van der Waals surface area contributed by atoms with E-state index in [0.29, 0.717) is 12.3 Å². The van der Waals surface area contributed by atoms with E-state index in [2.05, 4.69) is 33.6 Å². The molecule has 0 unspecified atom stereocenters. The molecule has 0 atom stereocenters. The number of anilines is 1. The molecule has 1 amide bonds. The van der Waals surface area contributed by atoms with Crippen molar-refractivity contribution in [1.82, 2.24) is 19.9 Å². The largest absolute Gasteiger partial charge is 0.356 e. The SMILES string of the molecule is Cc1nc(C)c(C)c(N2CCC3(CCC(=O)N(CCc4ccccn4)C3)CC2)n1. The number of piperidine rings is 2. The van der Waals surface area contributed by atoms with Gasteiger partial charge < -0.3 is 9.80 Å². The number of rotatable bonds is 4. The number of aromatic nitrogens is 3. The molecule has 4 rings (SSSR count). The molecule has 6 nitrogen and oxygen atoms in total. The summed E-state index contributed by atoms with van der Waals surface area (Å²) in [6.45, 7) is 9.79. The summed E-state index contributed by atoms with van der Waals surface area (Å²) in [5.74, 6) is 2.22. The van der Waals surface area contributed by atoms with Crippen LogP contribution in [0.15, 0.2) is 24.4 Å². The van der Waals surface area contributed by atoms with Crippen molar-refractivity contribution in [1.29, 1.82) is 0 Å². The van der Waals surface area contributed by atoms with Crippen LogP contribution in [0.2, 0.25) is 0 Å². The topological polar surface area (TPSA) is 62.2 Å². The van der Waals surface area contributed by atoms with E-state index in [9.17, 15) is 4.79 Å². The van der Waals surface area contributed by atoms with Crippen molar-refractivity contribution in [2.24, 2.45) is 5.41 Å². The zero-order valence-corrected chi connectivity index (χ0v) is 17.8. The van der Waals surface area contributed by atoms with Crippen LogP contribution >= 0.6 is 0 Å². The molecule has 6 heteroatoms. The monoisotopic (exact) mass is 393 g/mol. The predicted octanol–water partition coefficient (Wildman–Crippen LogP) is 3.25. The molecular weight excluding hydrogens is 362 g/mol. The minimum absolute atomic E-state index is 0.250. The number of carbonyl (C=O) groups is 1. The second-order valence-electron chi connectivity index (χ2n) is 8.68. The van der Waals surface area contributed by atoms with E-state index in [4.69, 9.17) is 4.98 Å². The zero-order chi connectivity index (χ0) is 20.4. The van der Waals surface area contributed by atoms with Crippen LogP contribution in [0.4, 0.5) is 5.82 Å². The standard InChI is InChI=1S/C23H31N5O/c1-17-18(2)25-19(3)26-22(17)27-14-10-23(11-15-27)9-7-21(29)28(16-23)13-8-20-6-4-5-12-24-20/h4-6,12H,7-11,13-16H2,1-3H3. The Kier molecular flexibility index (Phi) is 5.52. The molecule has 2 aromatic heterocycles. The minimum Gasteiger partial charge on any atom is -0.356 e. The van der Waals surface area contributed by atoms with Gasteiger partial charge in [-0.15, -0.1) is 0 Å². The van der Waals surface area contributed by atoms with Gasteiger partial charge in [0.15, 0.2) is 0 Å². The van der Waals surface area contributed by atoms with Crippen molar-refractivity contribution in [3.05, 3.63) is 47.2 Å². The van der Waals surface area contributed by atoms with Gasteiger partial charge in [0.25, 0.3) is 0 Å². The summed E-state index contributed by atoms with van der Waals surface area (Å²) in [6, 6.07) is 5.98. The van der Waals surface area contributed by atoms with Crippen molar-refractivity contribution in [3.63, 3.8) is 0 Å². The lowest BCUT2D eigenvalue weighted by atomic mass is 9.72. The second-order valence-corrected chi connectivity index (χ2v) is 8.68. The Labute approximate surface area is 173 Å². The van der Waals surface area contributed by atoms with Gasteiger partial charge in [0.05, 0.1) is 0 Å². The third kappa shape index (κ3) is 4.26. The van der Waals surface area contributed by atoms with E-state index in [1.165, 1.54) is 5.56 Å². The third-order valence-electron chi connectivity index (χ3n) is 6.71. The molecule has 2 fully saturated rings. The Morgan fingerprint density at radius 3 is 2.59 bits per heavy atom. The van der Waals surface area contributed by atoms with Crippen molar-refractivity contribution >= 4 is 11.7 Å². The maximum atomic E-state index is 12.5. The van der Waals surface area contributed by atoms with E-state index in [1.807, 2.05) is 31.3 Å². The highest BCUT2D eigenvalue weighted by Gasteiger charge is 2.41. The minimum atomic E-state index is 0.250. The molecule has 2 aliphatic rings. The molecule has 0 aromatic carbocycles. The van der Waals surface area contributed by atoms with Gasteiger partial charge in [0.1, 0.15) is 11.6 Å². The van der Waals surface area contributed by atoms with Crippen molar-refractivity contribution < 1.29 is 4.79 Å². The molecule has 0 bridgehead atoms. The average molecular weight is 394 g/mol. The molecule has 2 aromatic rings. The molecule has 0 aliphatic carbocycles. The molecule has 2 saturated heterocycles. The molecule has 154 valence electrons. The molecule has 0 saturated carbocycles. The Morgan fingerprint density at radius 1 is 1.07 bits per heavy atom. The van der Waals surface area contributed by atoms with Crippen molar-refractivity contribution in [2.45, 2.75) is 52.9 Å². The number of carbonyl (C=O) groups excluding carboxylic acids is 1. The summed E-state index contributed by atoms with van der Waals surface area (Å²) >= 11 is 0. The summed E-state index contributed by atoms with van der Waals surface area (Å²) in [5.41, 5.74) is 3.55. The number of nitrogens with zero attached hydrogens (tertiary/aromatic N) is 5. The third-order valence-corrected chi connectivity index (χ3v) is 6.71. The highest BCUT2D eigenvalue weighted by molar-refractivity contribution is 5.77. The van der Waals surface area contributed by atoms with E-state index < -0.39 is 0 Å². The van der Waals surface area contributed by atoms with Gasteiger partial charge in [0, 0.05) is 62.2 Å². The molecule has 0 radical (unpaired) electrons. The molecule has 2 aliphatic heterocycles. The number of likely N-dealkylation sites (tertiary alicyclic amines) is 1. The molecule has 1 spiro atoms. The van der Waals surface area contributed by atoms with Gasteiger partial charge in [-0.2, -0.15) is 0 Å². The average Bonchev–Trinajstić information content (AvgIpc) is 2.73. The lowest BCUT2D eigenvalue weighted by molar-refractivity contribution is -0.138. The smallest absolute Gasteiger partial charge is 0.222 e. The molecular formula is C23H31N5O. The van der Waals surface area contributed by atoms with Crippen LogP contribution in [0.25, 0.3) is 0 Å². The second kappa shape index (κ2) is 8.09. The Morgan fingerprint density at radius 2 is 1.86 bits per heavy atom. The summed E-state index contributed by atoms with van der Waals surface area (Å²) in [7, 11) is 0. The van der Waals surface area contributed by atoms with Crippen LogP contribution in [-0.2, 0) is 11.2 Å². The Hall–Kier alpha value is -2.50. The fourth-order valence-electron chi connectivity index (χ4n) is 4.76. The molecule has 0 N–H and O–H groups in total. The first-order chi connectivity index (χ1) is 14.0. The van der Waals surface area contributed by atoms with Gasteiger partial charge in [-0.3, -0.25) is 9.78 Å². The lowest BCUT2D eigenvalue weighted by Gasteiger charge is -2.48. The summed E-state index contributed by atoms with van der Waals surface area (Å²) < 4.78 is 0. The number of aryl methyl sites for hydroxylation is 2. The number of hydrogen-bond donors (Lipinski definition) is 0. The molecule has 4 heterocycles. The number of pyridine rings is 1. The summed E-state index contributed by atoms with van der Waals surface area (Å²) in [5, 5.41) is 0. The first kappa shape index (κ1) is 19.8. The predicted molar refractivity (Wildman–Crippen MR) is 114 cm³/mol. The lowest BCUT2D eigenvalue weighted by Crippen LogP contribution is -2.52. The quantitative estimate of drug-likeness (QED) is 0.798. The summed E-state index contributed by atoms with van der Waals surface area (Å²) in [4.78, 5) is 30.6. The van der Waals surface area contributed by atoms with Crippen molar-refractivity contribution in [3.8, 4) is 0 Å². The summed E-state index contributed by atoms with van der Waals surface area (Å²) in [6.07, 6.45) is 6.56. The van der Waals surface area contributed by atoms with Gasteiger partial charge in [-0.25, -0.2) is 9.97 Å². The fourth-order valence-corrected chi connectivity index (χ4v) is 4.76. The number of amides is 1. The Balaban J connectivity index is 1.40. The van der Waals surface area contributed by atoms with Crippen LogP contribution in [0.3, 0.4) is 0 Å². The van der Waals surface area contributed by atoms with Gasteiger partial charge in [0.2, 0.25) is 5.91 Å². The normalized spacial score (nSPS) is 19.1. The van der Waals surface area contributed by atoms with Crippen LogP contribution in [0.5, 0.6) is 0 Å². The van der Waals surface area contributed by atoms with E-state index in [-0.39, 0.29) is 5.41 Å². The van der Waals surface area contributed by atoms with Gasteiger partial charge in [-0.1, -0.05) is 6.07 Å².